The topological polar surface area (TPSA) is 50.4 Å². The molecule has 1 fully saturated rings. The van der Waals surface area contributed by atoms with E-state index in [1.165, 1.54) is 6.07 Å². The van der Waals surface area contributed by atoms with E-state index in [0.717, 1.165) is 38.1 Å². The van der Waals surface area contributed by atoms with E-state index in [1.807, 2.05) is 0 Å². The molecule has 4 nitrogen and oxygen atoms in total. The van der Waals surface area contributed by atoms with Crippen molar-refractivity contribution in [1.82, 2.24) is 10.6 Å². The molecule has 0 aliphatic carbocycles. The summed E-state index contributed by atoms with van der Waals surface area (Å²) < 4.78 is 31.2. The molecular weight excluding hydrogens is 278 g/mol. The van der Waals surface area contributed by atoms with E-state index in [1.54, 1.807) is 0 Å². The molecule has 6 heteroatoms. The summed E-state index contributed by atoms with van der Waals surface area (Å²) >= 11 is 0. The van der Waals surface area contributed by atoms with Crippen molar-refractivity contribution in [3.05, 3.63) is 29.8 Å². The zero-order valence-corrected chi connectivity index (χ0v) is 11.8. The lowest BCUT2D eigenvalue weighted by molar-refractivity contribution is -0.122. The lowest BCUT2D eigenvalue weighted by atomic mass is 10.1. The maximum atomic E-state index is 13.3. The molecule has 1 atom stereocenters. The van der Waals surface area contributed by atoms with E-state index in [9.17, 15) is 13.6 Å². The summed E-state index contributed by atoms with van der Waals surface area (Å²) in [6, 6.07) is 3.36. The van der Waals surface area contributed by atoms with Gasteiger partial charge in [0, 0.05) is 25.1 Å². The van der Waals surface area contributed by atoms with Gasteiger partial charge in [0.15, 0.2) is 11.6 Å². The summed E-state index contributed by atoms with van der Waals surface area (Å²) in [5.74, 6) is -1.38. The quantitative estimate of drug-likeness (QED) is 0.790. The Labute approximate surface area is 122 Å². The predicted octanol–water partition coefficient (Wildman–Crippen LogP) is 1.99. The van der Waals surface area contributed by atoms with Gasteiger partial charge in [-0.25, -0.2) is 8.78 Å². The maximum Gasteiger partial charge on any atom is 0.220 e. The molecule has 0 saturated carbocycles. The first-order chi connectivity index (χ1) is 10.1. The van der Waals surface area contributed by atoms with Crippen molar-refractivity contribution in [2.75, 3.05) is 19.7 Å². The summed E-state index contributed by atoms with van der Waals surface area (Å²) in [6.07, 6.45) is 2.88. The third-order valence-corrected chi connectivity index (χ3v) is 3.36. The molecule has 1 aliphatic heterocycles. The molecule has 1 amide bonds. The Hall–Kier alpha value is -1.69. The van der Waals surface area contributed by atoms with E-state index in [-0.39, 0.29) is 24.3 Å². The Morgan fingerprint density at radius 2 is 2.29 bits per heavy atom. The van der Waals surface area contributed by atoms with Gasteiger partial charge in [-0.3, -0.25) is 4.79 Å². The van der Waals surface area contributed by atoms with Crippen LogP contribution in [0.4, 0.5) is 8.78 Å². The Morgan fingerprint density at radius 1 is 1.43 bits per heavy atom. The third kappa shape index (κ3) is 5.30. The van der Waals surface area contributed by atoms with Crippen LogP contribution in [0.15, 0.2) is 18.2 Å². The smallest absolute Gasteiger partial charge is 0.220 e. The van der Waals surface area contributed by atoms with Gasteiger partial charge in [-0.1, -0.05) is 0 Å². The second-order valence-corrected chi connectivity index (χ2v) is 5.14. The van der Waals surface area contributed by atoms with Crippen LogP contribution < -0.4 is 15.4 Å². The second-order valence-electron chi connectivity index (χ2n) is 5.14. The first-order valence-corrected chi connectivity index (χ1v) is 7.23. The lowest BCUT2D eigenvalue weighted by Gasteiger charge is -2.23. The molecule has 0 bridgehead atoms. The largest absolute Gasteiger partial charge is 0.491 e. The molecule has 1 unspecified atom stereocenters. The first-order valence-electron chi connectivity index (χ1n) is 7.23. The van der Waals surface area contributed by atoms with Gasteiger partial charge in [0.25, 0.3) is 0 Å². The van der Waals surface area contributed by atoms with Gasteiger partial charge >= 0.3 is 0 Å². The number of carbonyl (C=O) groups is 1. The number of amides is 1. The Balaban J connectivity index is 1.63. The highest BCUT2D eigenvalue weighted by atomic mass is 19.1. The SMILES string of the molecule is O=C(CCCOc1ccc(F)cc1F)NC1CCCNC1. The Kier molecular flexibility index (Phi) is 5.92. The van der Waals surface area contributed by atoms with Crippen LogP contribution in [0.3, 0.4) is 0 Å². The Morgan fingerprint density at radius 3 is 3.00 bits per heavy atom. The van der Waals surface area contributed by atoms with Gasteiger partial charge in [-0.05, 0) is 37.9 Å². The number of ether oxygens (including phenoxy) is 1. The minimum atomic E-state index is -0.729. The molecule has 21 heavy (non-hydrogen) atoms. The molecular formula is C15H20F2N2O2. The molecule has 1 heterocycles. The van der Waals surface area contributed by atoms with Crippen LogP contribution in [0, 0.1) is 11.6 Å². The average Bonchev–Trinajstić information content (AvgIpc) is 2.46. The summed E-state index contributed by atoms with van der Waals surface area (Å²) in [5, 5.41) is 6.18. The molecule has 2 rings (SSSR count). The molecule has 1 aromatic rings. The summed E-state index contributed by atoms with van der Waals surface area (Å²) in [5.41, 5.74) is 0. The summed E-state index contributed by atoms with van der Waals surface area (Å²) in [6.45, 7) is 2.03. The minimum absolute atomic E-state index is 0.00767. The van der Waals surface area contributed by atoms with Crippen LogP contribution in [0.5, 0.6) is 5.75 Å². The highest BCUT2D eigenvalue weighted by Crippen LogP contribution is 2.17. The fraction of sp³-hybridized carbons (Fsp3) is 0.533. The van der Waals surface area contributed by atoms with Crippen molar-refractivity contribution in [3.8, 4) is 5.75 Å². The number of halogens is 2. The molecule has 1 aromatic carbocycles. The number of piperidine rings is 1. The van der Waals surface area contributed by atoms with Gasteiger partial charge in [-0.15, -0.1) is 0 Å². The normalized spacial score (nSPS) is 18.3. The van der Waals surface area contributed by atoms with E-state index >= 15 is 0 Å². The fourth-order valence-corrected chi connectivity index (χ4v) is 2.28. The van der Waals surface area contributed by atoms with Gasteiger partial charge in [0.1, 0.15) is 5.82 Å². The molecule has 0 spiro atoms. The summed E-state index contributed by atoms with van der Waals surface area (Å²) in [7, 11) is 0. The van der Waals surface area contributed by atoms with Crippen molar-refractivity contribution in [1.29, 1.82) is 0 Å². The predicted molar refractivity (Wildman–Crippen MR) is 75.1 cm³/mol. The number of nitrogens with one attached hydrogen (secondary N) is 2. The molecule has 0 aromatic heterocycles. The highest BCUT2D eigenvalue weighted by molar-refractivity contribution is 5.76. The van der Waals surface area contributed by atoms with Crippen molar-refractivity contribution >= 4 is 5.91 Å². The van der Waals surface area contributed by atoms with Crippen molar-refractivity contribution in [3.63, 3.8) is 0 Å². The van der Waals surface area contributed by atoms with Crippen LogP contribution >= 0.6 is 0 Å². The van der Waals surface area contributed by atoms with Crippen LogP contribution in [-0.4, -0.2) is 31.6 Å². The number of carbonyl (C=O) groups excluding carboxylic acids is 1. The van der Waals surface area contributed by atoms with Crippen molar-refractivity contribution in [2.24, 2.45) is 0 Å². The van der Waals surface area contributed by atoms with Crippen LogP contribution in [-0.2, 0) is 4.79 Å². The highest BCUT2D eigenvalue weighted by Gasteiger charge is 2.14. The van der Waals surface area contributed by atoms with Gasteiger partial charge in [-0.2, -0.15) is 0 Å². The molecule has 1 saturated heterocycles. The van der Waals surface area contributed by atoms with E-state index in [0.29, 0.717) is 12.8 Å². The number of benzene rings is 1. The van der Waals surface area contributed by atoms with Crippen LogP contribution in [0.25, 0.3) is 0 Å². The maximum absolute atomic E-state index is 13.3. The minimum Gasteiger partial charge on any atom is -0.491 e. The number of hydrogen-bond donors (Lipinski definition) is 2. The zero-order valence-electron chi connectivity index (χ0n) is 11.8. The van der Waals surface area contributed by atoms with Crippen molar-refractivity contribution in [2.45, 2.75) is 31.7 Å². The standard InChI is InChI=1S/C15H20F2N2O2/c16-11-5-6-14(13(17)9-11)21-8-2-4-15(20)19-12-3-1-7-18-10-12/h5-6,9,12,18H,1-4,7-8,10H2,(H,19,20). The second kappa shape index (κ2) is 7.93. The number of hydrogen-bond acceptors (Lipinski definition) is 3. The lowest BCUT2D eigenvalue weighted by Crippen LogP contribution is -2.45. The fourth-order valence-electron chi connectivity index (χ4n) is 2.28. The molecule has 2 N–H and O–H groups in total. The first kappa shape index (κ1) is 15.7. The van der Waals surface area contributed by atoms with E-state index < -0.39 is 11.6 Å². The van der Waals surface area contributed by atoms with E-state index in [4.69, 9.17) is 4.74 Å². The van der Waals surface area contributed by atoms with Gasteiger partial charge < -0.3 is 15.4 Å². The van der Waals surface area contributed by atoms with Crippen molar-refractivity contribution < 1.29 is 18.3 Å². The molecule has 116 valence electrons. The average molecular weight is 298 g/mol. The molecule has 1 aliphatic rings. The zero-order chi connectivity index (χ0) is 15.1. The van der Waals surface area contributed by atoms with E-state index in [2.05, 4.69) is 10.6 Å². The van der Waals surface area contributed by atoms with Gasteiger partial charge in [0.2, 0.25) is 5.91 Å². The molecule has 0 radical (unpaired) electrons. The number of rotatable bonds is 6. The summed E-state index contributed by atoms with van der Waals surface area (Å²) in [4.78, 5) is 11.7. The van der Waals surface area contributed by atoms with Crippen LogP contribution in [0.2, 0.25) is 0 Å². The monoisotopic (exact) mass is 298 g/mol. The van der Waals surface area contributed by atoms with Gasteiger partial charge in [0.05, 0.1) is 6.61 Å². The van der Waals surface area contributed by atoms with Crippen LogP contribution in [0.1, 0.15) is 25.7 Å². The third-order valence-electron chi connectivity index (χ3n) is 3.36. The Bertz CT molecular complexity index is 477.